The van der Waals surface area contributed by atoms with E-state index >= 15 is 0 Å². The predicted octanol–water partition coefficient (Wildman–Crippen LogP) is 2.90. The van der Waals surface area contributed by atoms with Crippen molar-refractivity contribution in [2.24, 2.45) is 0 Å². The Labute approximate surface area is 169 Å². The summed E-state index contributed by atoms with van der Waals surface area (Å²) in [5.41, 5.74) is 1.08. The molecule has 0 unspecified atom stereocenters. The molecule has 150 valence electrons. The van der Waals surface area contributed by atoms with Gasteiger partial charge >= 0.3 is 0 Å². The van der Waals surface area contributed by atoms with Gasteiger partial charge in [-0.25, -0.2) is 0 Å². The average Bonchev–Trinajstić information content (AvgIpc) is 3.16. The van der Waals surface area contributed by atoms with Crippen molar-refractivity contribution < 1.29 is 9.59 Å². The van der Waals surface area contributed by atoms with Crippen LogP contribution in [0.15, 0.2) is 30.3 Å². The monoisotopic (exact) mass is 401 g/mol. The van der Waals surface area contributed by atoms with Gasteiger partial charge < -0.3 is 15.1 Å². The Hall–Kier alpha value is -2.48. The number of nitrogens with one attached hydrogen (secondary N) is 1. The normalized spacial score (nSPS) is 14.8. The quantitative estimate of drug-likeness (QED) is 0.833. The lowest BCUT2D eigenvalue weighted by molar-refractivity contribution is -0.133. The molecule has 0 aliphatic carbocycles. The van der Waals surface area contributed by atoms with E-state index in [-0.39, 0.29) is 30.1 Å². The van der Waals surface area contributed by atoms with E-state index in [1.807, 2.05) is 23.1 Å². The fourth-order valence-electron chi connectivity index (χ4n) is 2.99. The van der Waals surface area contributed by atoms with E-state index in [4.69, 9.17) is 0 Å². The van der Waals surface area contributed by atoms with Crippen LogP contribution in [0.3, 0.4) is 0 Å². The molecule has 1 aromatic heterocycles. The number of piperazine rings is 1. The molecule has 2 amide bonds. The molecule has 0 atom stereocenters. The van der Waals surface area contributed by atoms with Gasteiger partial charge in [-0.2, -0.15) is 0 Å². The average molecular weight is 402 g/mol. The Bertz CT molecular complexity index is 808. The largest absolute Gasteiger partial charge is 0.368 e. The number of rotatable bonds is 5. The SMILES string of the molecule is CC(C)(C)c1nnc(NC(=O)CCC(=O)N2CCN(c3ccccc3)CC2)s1. The van der Waals surface area contributed by atoms with Gasteiger partial charge in [-0.1, -0.05) is 50.3 Å². The lowest BCUT2D eigenvalue weighted by Crippen LogP contribution is -2.48. The lowest BCUT2D eigenvalue weighted by atomic mass is 9.98. The number of nitrogens with zero attached hydrogens (tertiary/aromatic N) is 4. The van der Waals surface area contributed by atoms with Crippen molar-refractivity contribution in [2.75, 3.05) is 36.4 Å². The zero-order valence-electron chi connectivity index (χ0n) is 16.6. The van der Waals surface area contributed by atoms with Crippen LogP contribution in [0.2, 0.25) is 0 Å². The highest BCUT2D eigenvalue weighted by molar-refractivity contribution is 7.15. The first-order chi connectivity index (χ1) is 13.3. The summed E-state index contributed by atoms with van der Waals surface area (Å²) in [5, 5.41) is 12.2. The molecule has 1 fully saturated rings. The highest BCUT2D eigenvalue weighted by Crippen LogP contribution is 2.27. The number of aromatic nitrogens is 2. The maximum absolute atomic E-state index is 12.4. The molecule has 0 radical (unpaired) electrons. The Balaban J connectivity index is 1.42. The molecule has 2 aromatic rings. The van der Waals surface area contributed by atoms with Crippen molar-refractivity contribution in [3.8, 4) is 0 Å². The minimum Gasteiger partial charge on any atom is -0.368 e. The van der Waals surface area contributed by atoms with E-state index in [0.717, 1.165) is 18.1 Å². The highest BCUT2D eigenvalue weighted by Gasteiger charge is 2.23. The molecule has 2 heterocycles. The fraction of sp³-hybridized carbons (Fsp3) is 0.500. The smallest absolute Gasteiger partial charge is 0.226 e. The van der Waals surface area contributed by atoms with Gasteiger partial charge in [0, 0.05) is 50.1 Å². The van der Waals surface area contributed by atoms with E-state index < -0.39 is 0 Å². The zero-order chi connectivity index (χ0) is 20.1. The summed E-state index contributed by atoms with van der Waals surface area (Å²) < 4.78 is 0. The molecule has 0 bridgehead atoms. The molecule has 1 saturated heterocycles. The number of para-hydroxylation sites is 1. The first-order valence-electron chi connectivity index (χ1n) is 9.54. The third-order valence-corrected chi connectivity index (χ3v) is 5.90. The molecular weight excluding hydrogens is 374 g/mol. The standard InChI is InChI=1S/C20H27N5O2S/c1-20(2,3)18-22-23-19(28-18)21-16(26)9-10-17(27)25-13-11-24(12-14-25)15-7-5-4-6-8-15/h4-8H,9-14H2,1-3H3,(H,21,23,26). The van der Waals surface area contributed by atoms with Crippen molar-refractivity contribution >= 4 is 34.0 Å². The third kappa shape index (κ3) is 5.28. The second-order valence-electron chi connectivity index (χ2n) is 7.91. The number of carbonyl (C=O) groups is 2. The van der Waals surface area contributed by atoms with E-state index in [1.54, 1.807) is 0 Å². The number of carbonyl (C=O) groups excluding carboxylic acids is 2. The summed E-state index contributed by atoms with van der Waals surface area (Å²) in [5.74, 6) is -0.177. The van der Waals surface area contributed by atoms with E-state index in [9.17, 15) is 9.59 Å². The molecule has 1 aliphatic rings. The van der Waals surface area contributed by atoms with Gasteiger partial charge in [0.25, 0.3) is 0 Å². The van der Waals surface area contributed by atoms with Crippen LogP contribution in [0, 0.1) is 0 Å². The Morgan fingerprint density at radius 2 is 1.71 bits per heavy atom. The van der Waals surface area contributed by atoms with Crippen LogP contribution in [0.5, 0.6) is 0 Å². The van der Waals surface area contributed by atoms with Gasteiger partial charge in [0.15, 0.2) is 0 Å². The number of benzene rings is 1. The maximum atomic E-state index is 12.4. The van der Waals surface area contributed by atoms with Crippen molar-refractivity contribution in [3.05, 3.63) is 35.3 Å². The minimum absolute atomic E-state index is 0.0236. The molecule has 7 nitrogen and oxygen atoms in total. The summed E-state index contributed by atoms with van der Waals surface area (Å²) in [7, 11) is 0. The van der Waals surface area contributed by atoms with E-state index in [2.05, 4.69) is 53.3 Å². The third-order valence-electron chi connectivity index (χ3n) is 4.63. The lowest BCUT2D eigenvalue weighted by Gasteiger charge is -2.36. The molecule has 1 aliphatic heterocycles. The summed E-state index contributed by atoms with van der Waals surface area (Å²) in [6, 6.07) is 10.2. The molecule has 3 rings (SSSR count). The van der Waals surface area contributed by atoms with Crippen LogP contribution in [0.25, 0.3) is 0 Å². The first kappa shape index (κ1) is 20.3. The van der Waals surface area contributed by atoms with Gasteiger partial charge in [-0.05, 0) is 12.1 Å². The number of hydrogen-bond acceptors (Lipinski definition) is 6. The Kier molecular flexibility index (Phi) is 6.28. The van der Waals surface area contributed by atoms with Gasteiger partial charge in [0.1, 0.15) is 5.01 Å². The number of hydrogen-bond donors (Lipinski definition) is 1. The number of amides is 2. The Morgan fingerprint density at radius 1 is 1.04 bits per heavy atom. The molecule has 1 N–H and O–H groups in total. The van der Waals surface area contributed by atoms with Gasteiger partial charge in [0.05, 0.1) is 0 Å². The van der Waals surface area contributed by atoms with Gasteiger partial charge in [-0.3, -0.25) is 9.59 Å². The molecule has 28 heavy (non-hydrogen) atoms. The predicted molar refractivity (Wildman–Crippen MR) is 112 cm³/mol. The van der Waals surface area contributed by atoms with Crippen LogP contribution >= 0.6 is 11.3 Å². The minimum atomic E-state index is -0.201. The van der Waals surface area contributed by atoms with Crippen molar-refractivity contribution in [1.29, 1.82) is 0 Å². The second-order valence-corrected chi connectivity index (χ2v) is 8.89. The second kappa shape index (κ2) is 8.68. The van der Waals surface area contributed by atoms with Crippen molar-refractivity contribution in [1.82, 2.24) is 15.1 Å². The Morgan fingerprint density at radius 3 is 2.32 bits per heavy atom. The summed E-state index contributed by atoms with van der Waals surface area (Å²) in [6.45, 7) is 9.13. The van der Waals surface area contributed by atoms with Crippen LogP contribution in [0.1, 0.15) is 38.6 Å². The fourth-order valence-corrected chi connectivity index (χ4v) is 3.81. The summed E-state index contributed by atoms with van der Waals surface area (Å²) in [4.78, 5) is 28.7. The van der Waals surface area contributed by atoms with E-state index in [1.165, 1.54) is 17.0 Å². The topological polar surface area (TPSA) is 78.4 Å². The molecule has 0 saturated carbocycles. The van der Waals surface area contributed by atoms with Crippen molar-refractivity contribution in [3.63, 3.8) is 0 Å². The molecule has 0 spiro atoms. The highest BCUT2D eigenvalue weighted by atomic mass is 32.1. The summed E-state index contributed by atoms with van der Waals surface area (Å²) in [6.07, 6.45) is 0.365. The zero-order valence-corrected chi connectivity index (χ0v) is 17.5. The van der Waals surface area contributed by atoms with Crippen LogP contribution in [-0.4, -0.2) is 53.1 Å². The van der Waals surface area contributed by atoms with Crippen molar-refractivity contribution in [2.45, 2.75) is 39.0 Å². The molecular formula is C20H27N5O2S. The maximum Gasteiger partial charge on any atom is 0.226 e. The molecule has 8 heteroatoms. The first-order valence-corrected chi connectivity index (χ1v) is 10.4. The van der Waals surface area contributed by atoms with Crippen LogP contribution in [0.4, 0.5) is 10.8 Å². The van der Waals surface area contributed by atoms with E-state index in [0.29, 0.717) is 18.2 Å². The van der Waals surface area contributed by atoms with Crippen LogP contribution < -0.4 is 10.2 Å². The molecule has 1 aromatic carbocycles. The van der Waals surface area contributed by atoms with Gasteiger partial charge in [0.2, 0.25) is 16.9 Å². The van der Waals surface area contributed by atoms with Crippen LogP contribution in [-0.2, 0) is 15.0 Å². The van der Waals surface area contributed by atoms with Gasteiger partial charge in [-0.15, -0.1) is 10.2 Å². The number of anilines is 2. The summed E-state index contributed by atoms with van der Waals surface area (Å²) >= 11 is 1.37.